The Bertz CT molecular complexity index is 973. The molecule has 0 saturated carbocycles. The fraction of sp³-hybridized carbons (Fsp3) is 0.240. The van der Waals surface area contributed by atoms with E-state index in [0.717, 1.165) is 35.0 Å². The average Bonchev–Trinajstić information content (AvgIpc) is 2.77. The van der Waals surface area contributed by atoms with E-state index in [2.05, 4.69) is 15.5 Å². The molecule has 31 heavy (non-hydrogen) atoms. The Hall–Kier alpha value is -3.51. The second-order valence-electron chi connectivity index (χ2n) is 7.25. The summed E-state index contributed by atoms with van der Waals surface area (Å²) in [5, 5.41) is 6.84. The monoisotopic (exact) mass is 419 g/mol. The number of esters is 1. The quantitative estimate of drug-likeness (QED) is 0.435. The number of hydrogen-bond donors (Lipinski definition) is 2. The standard InChI is InChI=1S/C25H29N3O3/c1-4-30-25(29)19-13-15-21(16-14-19)27-23-12-8-11-22(24(23)31-18-17-28(2)3)26-20-9-6-5-7-10-20/h5-16,26-27H,4,17-18H2,1-3H3. The zero-order valence-electron chi connectivity index (χ0n) is 18.2. The van der Waals surface area contributed by atoms with E-state index in [1.165, 1.54) is 0 Å². The maximum atomic E-state index is 11.9. The van der Waals surface area contributed by atoms with Crippen LogP contribution in [0.3, 0.4) is 0 Å². The second-order valence-corrected chi connectivity index (χ2v) is 7.25. The minimum atomic E-state index is -0.323. The normalized spacial score (nSPS) is 10.6. The molecule has 6 nitrogen and oxygen atoms in total. The Balaban J connectivity index is 1.84. The first kappa shape index (κ1) is 22.2. The Kier molecular flexibility index (Phi) is 7.90. The Morgan fingerprint density at radius 3 is 2.03 bits per heavy atom. The van der Waals surface area contributed by atoms with Crippen molar-refractivity contribution in [1.82, 2.24) is 4.90 Å². The van der Waals surface area contributed by atoms with Crippen molar-refractivity contribution < 1.29 is 14.3 Å². The lowest BCUT2D eigenvalue weighted by molar-refractivity contribution is 0.0526. The Labute approximate surface area is 183 Å². The van der Waals surface area contributed by atoms with Gasteiger partial charge in [0.1, 0.15) is 6.61 Å². The average molecular weight is 420 g/mol. The molecule has 6 heteroatoms. The Morgan fingerprint density at radius 2 is 1.45 bits per heavy atom. The van der Waals surface area contributed by atoms with Crippen molar-refractivity contribution in [3.05, 3.63) is 78.4 Å². The van der Waals surface area contributed by atoms with E-state index in [1.54, 1.807) is 19.1 Å². The summed E-state index contributed by atoms with van der Waals surface area (Å²) in [5.74, 6) is 0.415. The van der Waals surface area contributed by atoms with Crippen LogP contribution >= 0.6 is 0 Å². The molecule has 3 rings (SSSR count). The fourth-order valence-electron chi connectivity index (χ4n) is 2.96. The molecule has 0 amide bonds. The molecule has 0 saturated heterocycles. The first-order valence-corrected chi connectivity index (χ1v) is 10.3. The number of rotatable bonds is 10. The third-order valence-corrected chi connectivity index (χ3v) is 4.53. The zero-order chi connectivity index (χ0) is 22.1. The van der Waals surface area contributed by atoms with Crippen molar-refractivity contribution in [3.63, 3.8) is 0 Å². The van der Waals surface area contributed by atoms with Gasteiger partial charge >= 0.3 is 5.97 Å². The van der Waals surface area contributed by atoms with Gasteiger partial charge in [-0.25, -0.2) is 4.79 Å². The highest BCUT2D eigenvalue weighted by atomic mass is 16.5. The minimum absolute atomic E-state index is 0.323. The van der Waals surface area contributed by atoms with Crippen LogP contribution in [0.5, 0.6) is 5.75 Å². The molecule has 0 unspecified atom stereocenters. The Morgan fingerprint density at radius 1 is 0.839 bits per heavy atom. The van der Waals surface area contributed by atoms with Crippen LogP contribution in [0.1, 0.15) is 17.3 Å². The van der Waals surface area contributed by atoms with Gasteiger partial charge in [0.15, 0.2) is 5.75 Å². The largest absolute Gasteiger partial charge is 0.488 e. The molecule has 0 aromatic heterocycles. The number of carbonyl (C=O) groups is 1. The van der Waals surface area contributed by atoms with Crippen molar-refractivity contribution in [2.24, 2.45) is 0 Å². The van der Waals surface area contributed by atoms with Crippen molar-refractivity contribution in [2.45, 2.75) is 6.92 Å². The van der Waals surface area contributed by atoms with Crippen molar-refractivity contribution in [1.29, 1.82) is 0 Å². The zero-order valence-corrected chi connectivity index (χ0v) is 18.2. The van der Waals surface area contributed by atoms with E-state index in [4.69, 9.17) is 9.47 Å². The molecule has 0 aliphatic rings. The molecule has 2 N–H and O–H groups in total. The van der Waals surface area contributed by atoms with E-state index in [-0.39, 0.29) is 5.97 Å². The molecular formula is C25H29N3O3. The lowest BCUT2D eigenvalue weighted by Gasteiger charge is -2.19. The number of nitrogens with zero attached hydrogens (tertiary/aromatic N) is 1. The van der Waals surface area contributed by atoms with Gasteiger partial charge in [-0.1, -0.05) is 24.3 Å². The summed E-state index contributed by atoms with van der Waals surface area (Å²) in [6.45, 7) is 3.50. The number of ether oxygens (including phenoxy) is 2. The van der Waals surface area contributed by atoms with Gasteiger partial charge in [0.05, 0.1) is 23.5 Å². The lowest BCUT2D eigenvalue weighted by atomic mass is 10.2. The third-order valence-electron chi connectivity index (χ3n) is 4.53. The molecule has 0 radical (unpaired) electrons. The van der Waals surface area contributed by atoms with Crippen LogP contribution in [0.15, 0.2) is 72.8 Å². The molecule has 0 aliphatic heterocycles. The van der Waals surface area contributed by atoms with Gasteiger partial charge < -0.3 is 25.0 Å². The minimum Gasteiger partial charge on any atom is -0.488 e. The van der Waals surface area contributed by atoms with Crippen LogP contribution in [0, 0.1) is 0 Å². The molecule has 0 fully saturated rings. The van der Waals surface area contributed by atoms with E-state index in [1.807, 2.05) is 74.8 Å². The highest BCUT2D eigenvalue weighted by Crippen LogP contribution is 2.37. The molecule has 0 spiro atoms. The predicted molar refractivity (Wildman–Crippen MR) is 126 cm³/mol. The number of carbonyl (C=O) groups excluding carboxylic acids is 1. The van der Waals surface area contributed by atoms with Crippen LogP contribution in [0.2, 0.25) is 0 Å². The van der Waals surface area contributed by atoms with Crippen LogP contribution in [-0.4, -0.2) is 44.7 Å². The number of likely N-dealkylation sites (N-methyl/N-ethyl adjacent to an activating group) is 1. The van der Waals surface area contributed by atoms with Crippen molar-refractivity contribution >= 4 is 28.7 Å². The molecule has 0 bridgehead atoms. The number of para-hydroxylation sites is 2. The SMILES string of the molecule is CCOC(=O)c1ccc(Nc2cccc(Nc3ccccc3)c2OCCN(C)C)cc1. The van der Waals surface area contributed by atoms with Gasteiger partial charge in [0.2, 0.25) is 0 Å². The second kappa shape index (κ2) is 11.0. The molecule has 0 atom stereocenters. The van der Waals surface area contributed by atoms with Crippen molar-refractivity contribution in [3.8, 4) is 5.75 Å². The molecule has 0 aliphatic carbocycles. The van der Waals surface area contributed by atoms with Crippen LogP contribution < -0.4 is 15.4 Å². The number of benzene rings is 3. The highest BCUT2D eigenvalue weighted by Gasteiger charge is 2.12. The van der Waals surface area contributed by atoms with Crippen LogP contribution in [-0.2, 0) is 4.74 Å². The maximum absolute atomic E-state index is 11.9. The smallest absolute Gasteiger partial charge is 0.338 e. The fourth-order valence-corrected chi connectivity index (χ4v) is 2.96. The van der Waals surface area contributed by atoms with Gasteiger partial charge in [-0.2, -0.15) is 0 Å². The van der Waals surface area contributed by atoms with Crippen LogP contribution in [0.25, 0.3) is 0 Å². The molecule has 3 aromatic rings. The summed E-state index contributed by atoms with van der Waals surface area (Å²) in [6, 6.07) is 23.1. The van der Waals surface area contributed by atoms with Crippen molar-refractivity contribution in [2.75, 3.05) is 44.5 Å². The predicted octanol–water partition coefficient (Wildman–Crippen LogP) is 5.29. The number of hydrogen-bond acceptors (Lipinski definition) is 6. The van der Waals surface area contributed by atoms with Gasteiger partial charge in [-0.3, -0.25) is 0 Å². The van der Waals surface area contributed by atoms with Crippen LogP contribution in [0.4, 0.5) is 22.7 Å². The summed E-state index contributed by atoms with van der Waals surface area (Å²) in [6.07, 6.45) is 0. The summed E-state index contributed by atoms with van der Waals surface area (Å²) in [5.41, 5.74) is 4.06. The summed E-state index contributed by atoms with van der Waals surface area (Å²) in [7, 11) is 4.03. The summed E-state index contributed by atoms with van der Waals surface area (Å²) >= 11 is 0. The topological polar surface area (TPSA) is 62.8 Å². The van der Waals surface area contributed by atoms with Gasteiger partial charge in [0.25, 0.3) is 0 Å². The van der Waals surface area contributed by atoms with Gasteiger partial charge in [-0.05, 0) is 69.6 Å². The lowest BCUT2D eigenvalue weighted by Crippen LogP contribution is -2.20. The first-order valence-electron chi connectivity index (χ1n) is 10.3. The molecule has 162 valence electrons. The summed E-state index contributed by atoms with van der Waals surface area (Å²) < 4.78 is 11.2. The highest BCUT2D eigenvalue weighted by molar-refractivity contribution is 5.90. The first-order chi connectivity index (χ1) is 15.1. The maximum Gasteiger partial charge on any atom is 0.338 e. The van der Waals surface area contributed by atoms with E-state index in [0.29, 0.717) is 18.8 Å². The van der Waals surface area contributed by atoms with E-state index < -0.39 is 0 Å². The molecule has 0 heterocycles. The third kappa shape index (κ3) is 6.49. The van der Waals surface area contributed by atoms with E-state index in [9.17, 15) is 4.79 Å². The summed E-state index contributed by atoms with van der Waals surface area (Å²) in [4.78, 5) is 14.0. The van der Waals surface area contributed by atoms with Gasteiger partial charge in [-0.15, -0.1) is 0 Å². The van der Waals surface area contributed by atoms with E-state index >= 15 is 0 Å². The number of anilines is 4. The van der Waals surface area contributed by atoms with Gasteiger partial charge in [0, 0.05) is 17.9 Å². The molecular weight excluding hydrogens is 390 g/mol. The number of nitrogens with one attached hydrogen (secondary N) is 2. The molecule has 3 aromatic carbocycles.